The lowest BCUT2D eigenvalue weighted by atomic mass is 10.4. The van der Waals surface area contributed by atoms with Crippen LogP contribution in [0.25, 0.3) is 5.70 Å². The molecule has 0 aromatic carbocycles. The number of likely N-dealkylation sites (tertiary alicyclic amines) is 1. The van der Waals surface area contributed by atoms with Gasteiger partial charge in [-0.1, -0.05) is 0 Å². The van der Waals surface area contributed by atoms with Crippen molar-refractivity contribution in [2.45, 2.75) is 13.3 Å². The molecule has 3 rings (SSSR count). The van der Waals surface area contributed by atoms with Crippen LogP contribution in [-0.2, 0) is 0 Å². The number of carboxylic acid groups (broad SMARTS) is 1. The topological polar surface area (TPSA) is 78.2 Å². The van der Waals surface area contributed by atoms with E-state index in [1.165, 1.54) is 23.1 Å². The van der Waals surface area contributed by atoms with E-state index >= 15 is 0 Å². The van der Waals surface area contributed by atoms with E-state index in [-0.39, 0.29) is 5.69 Å². The van der Waals surface area contributed by atoms with Gasteiger partial charge in [0.25, 0.3) is 0 Å². The number of hydrogen-bond acceptors (Lipinski definition) is 5. The van der Waals surface area contributed by atoms with Crippen LogP contribution in [0.15, 0.2) is 21.6 Å². The van der Waals surface area contributed by atoms with Crippen LogP contribution in [0, 0.1) is 11.8 Å². The van der Waals surface area contributed by atoms with Crippen LogP contribution in [0.3, 0.4) is 0 Å². The molecule has 1 aromatic heterocycles. The first-order valence-corrected chi connectivity index (χ1v) is 7.62. The third-order valence-corrected chi connectivity index (χ3v) is 4.79. The molecule has 2 fully saturated rings. The number of aromatic carboxylic acids is 1. The molecule has 2 heterocycles. The third-order valence-electron chi connectivity index (χ3n) is 3.92. The molecule has 1 saturated carbocycles. The molecule has 1 aliphatic carbocycles. The summed E-state index contributed by atoms with van der Waals surface area (Å²) in [4.78, 5) is 25.5. The summed E-state index contributed by atoms with van der Waals surface area (Å²) in [6.45, 7) is 7.66. The molecule has 2 atom stereocenters. The van der Waals surface area contributed by atoms with Gasteiger partial charge in [-0.05, 0) is 31.9 Å². The number of amidine groups is 1. The number of carboxylic acids is 1. The fourth-order valence-corrected chi connectivity index (χ4v) is 3.32. The molecule has 2 aliphatic rings. The van der Waals surface area contributed by atoms with Gasteiger partial charge in [-0.3, -0.25) is 4.99 Å². The van der Waals surface area contributed by atoms with Crippen molar-refractivity contribution in [3.05, 3.63) is 22.3 Å². The van der Waals surface area contributed by atoms with Gasteiger partial charge in [-0.2, -0.15) is 0 Å². The van der Waals surface area contributed by atoms with E-state index < -0.39 is 5.97 Å². The highest BCUT2D eigenvalue weighted by molar-refractivity contribution is 7.11. The van der Waals surface area contributed by atoms with Crippen molar-refractivity contribution < 1.29 is 9.90 Å². The number of thiazole rings is 1. The van der Waals surface area contributed by atoms with Gasteiger partial charge < -0.3 is 10.0 Å². The van der Waals surface area contributed by atoms with Crippen LogP contribution < -0.4 is 0 Å². The largest absolute Gasteiger partial charge is 0.476 e. The molecule has 21 heavy (non-hydrogen) atoms. The Morgan fingerprint density at radius 2 is 2.29 bits per heavy atom. The van der Waals surface area contributed by atoms with E-state index in [4.69, 9.17) is 5.11 Å². The second-order valence-corrected chi connectivity index (χ2v) is 6.21. The first-order chi connectivity index (χ1) is 10.1. The standard InChI is InChI=1S/C14H16N4O2S/c1-8(18-5-9-3-10(9)6-18)16-4-11(15-2)13-17-12(7-21-13)14(19)20/h4,7,9-10H,2-3,5-6H2,1H3,(H,19,20)/b11-4-,16-8?. The van der Waals surface area contributed by atoms with Crippen LogP contribution in [0.4, 0.5) is 0 Å². The molecule has 0 spiro atoms. The SMILES string of the molecule is C=N/C(=C\N=C(C)N1CC2CC2C1)c1nc(C(=O)O)cs1. The number of piperidine rings is 1. The lowest BCUT2D eigenvalue weighted by Gasteiger charge is -2.18. The zero-order valence-electron chi connectivity index (χ0n) is 11.7. The van der Waals surface area contributed by atoms with Gasteiger partial charge in [-0.15, -0.1) is 11.3 Å². The molecule has 1 saturated heterocycles. The van der Waals surface area contributed by atoms with Gasteiger partial charge in [-0.25, -0.2) is 14.8 Å². The minimum atomic E-state index is -1.04. The molecule has 0 bridgehead atoms. The Hall–Kier alpha value is -2.02. The number of carbonyl (C=O) groups is 1. The summed E-state index contributed by atoms with van der Waals surface area (Å²) < 4.78 is 0. The van der Waals surface area contributed by atoms with Gasteiger partial charge in [0.2, 0.25) is 0 Å². The predicted octanol–water partition coefficient (Wildman–Crippen LogP) is 2.21. The monoisotopic (exact) mass is 304 g/mol. The molecule has 0 radical (unpaired) electrons. The maximum atomic E-state index is 10.8. The van der Waals surface area contributed by atoms with E-state index in [1.807, 2.05) is 6.92 Å². The van der Waals surface area contributed by atoms with Gasteiger partial charge in [0.15, 0.2) is 5.69 Å². The Morgan fingerprint density at radius 3 is 2.86 bits per heavy atom. The van der Waals surface area contributed by atoms with Crippen molar-refractivity contribution in [3.8, 4) is 0 Å². The number of fused-ring (bicyclic) bond motifs is 1. The molecule has 0 amide bonds. The fraction of sp³-hybridized carbons (Fsp3) is 0.429. The van der Waals surface area contributed by atoms with Crippen molar-refractivity contribution in [2.24, 2.45) is 21.8 Å². The van der Waals surface area contributed by atoms with Gasteiger partial charge in [0.1, 0.15) is 16.5 Å². The van der Waals surface area contributed by atoms with Crippen LogP contribution in [0.1, 0.15) is 28.8 Å². The zero-order chi connectivity index (χ0) is 15.0. The summed E-state index contributed by atoms with van der Waals surface area (Å²) >= 11 is 1.23. The molecular weight excluding hydrogens is 288 g/mol. The van der Waals surface area contributed by atoms with E-state index in [2.05, 4.69) is 26.6 Å². The van der Waals surface area contributed by atoms with Gasteiger partial charge >= 0.3 is 5.97 Å². The summed E-state index contributed by atoms with van der Waals surface area (Å²) in [5.41, 5.74) is 0.515. The minimum absolute atomic E-state index is 0.0184. The lowest BCUT2D eigenvalue weighted by Crippen LogP contribution is -2.27. The highest BCUT2D eigenvalue weighted by atomic mass is 32.1. The van der Waals surface area contributed by atoms with Crippen LogP contribution in [0.2, 0.25) is 0 Å². The maximum Gasteiger partial charge on any atom is 0.355 e. The fourth-order valence-electron chi connectivity index (χ4n) is 2.55. The Kier molecular flexibility index (Phi) is 3.59. The Labute approximate surface area is 126 Å². The predicted molar refractivity (Wildman–Crippen MR) is 82.9 cm³/mol. The number of aliphatic imine (C=N–C) groups is 2. The highest BCUT2D eigenvalue weighted by Crippen LogP contribution is 2.44. The summed E-state index contributed by atoms with van der Waals surface area (Å²) in [5.74, 6) is 1.62. The first-order valence-electron chi connectivity index (χ1n) is 6.74. The lowest BCUT2D eigenvalue weighted by molar-refractivity contribution is 0.0691. The van der Waals surface area contributed by atoms with Gasteiger partial charge in [0.05, 0.1) is 6.20 Å². The molecule has 6 nitrogen and oxygen atoms in total. The first kappa shape index (κ1) is 13.9. The summed E-state index contributed by atoms with van der Waals surface area (Å²) in [7, 11) is 0. The van der Waals surface area contributed by atoms with Crippen molar-refractivity contribution in [2.75, 3.05) is 13.1 Å². The minimum Gasteiger partial charge on any atom is -0.476 e. The molecule has 1 aromatic rings. The van der Waals surface area contributed by atoms with E-state index in [1.54, 1.807) is 6.20 Å². The van der Waals surface area contributed by atoms with E-state index in [0.717, 1.165) is 30.8 Å². The quantitative estimate of drug-likeness (QED) is 0.683. The average molecular weight is 304 g/mol. The smallest absolute Gasteiger partial charge is 0.355 e. The van der Waals surface area contributed by atoms with E-state index in [9.17, 15) is 4.79 Å². The van der Waals surface area contributed by atoms with Crippen molar-refractivity contribution in [1.82, 2.24) is 9.88 Å². The molecule has 110 valence electrons. The van der Waals surface area contributed by atoms with Crippen molar-refractivity contribution in [1.29, 1.82) is 0 Å². The van der Waals surface area contributed by atoms with Crippen LogP contribution >= 0.6 is 11.3 Å². The zero-order valence-corrected chi connectivity index (χ0v) is 12.5. The van der Waals surface area contributed by atoms with Gasteiger partial charge in [0, 0.05) is 18.5 Å². The molecular formula is C14H16N4O2S. The third kappa shape index (κ3) is 2.87. The second-order valence-electron chi connectivity index (χ2n) is 5.35. The Balaban J connectivity index is 1.74. The summed E-state index contributed by atoms with van der Waals surface area (Å²) in [6, 6.07) is 0. The summed E-state index contributed by atoms with van der Waals surface area (Å²) in [5, 5.41) is 10.9. The maximum absolute atomic E-state index is 10.8. The normalized spacial score (nSPS) is 24.9. The number of hydrogen-bond donors (Lipinski definition) is 1. The van der Waals surface area contributed by atoms with E-state index in [0.29, 0.717) is 10.7 Å². The molecule has 1 N–H and O–H groups in total. The number of rotatable bonds is 4. The Morgan fingerprint density at radius 1 is 1.57 bits per heavy atom. The Bertz CT molecular complexity index is 639. The molecule has 2 unspecified atom stereocenters. The number of nitrogens with zero attached hydrogens (tertiary/aromatic N) is 4. The van der Waals surface area contributed by atoms with Crippen LogP contribution in [0.5, 0.6) is 0 Å². The number of aromatic nitrogens is 1. The van der Waals surface area contributed by atoms with Crippen LogP contribution in [-0.4, -0.2) is 46.6 Å². The highest BCUT2D eigenvalue weighted by Gasteiger charge is 2.45. The van der Waals surface area contributed by atoms with Crippen molar-refractivity contribution in [3.63, 3.8) is 0 Å². The molecule has 7 heteroatoms. The summed E-state index contributed by atoms with van der Waals surface area (Å²) in [6.07, 6.45) is 2.97. The molecule has 1 aliphatic heterocycles. The van der Waals surface area contributed by atoms with Crippen molar-refractivity contribution >= 4 is 35.6 Å². The average Bonchev–Trinajstić information content (AvgIpc) is 2.92. The second kappa shape index (κ2) is 5.40.